The van der Waals surface area contributed by atoms with Crippen molar-refractivity contribution in [3.05, 3.63) is 58.1 Å². The topological polar surface area (TPSA) is 29.1 Å². The van der Waals surface area contributed by atoms with Gasteiger partial charge in [0.2, 0.25) is 0 Å². The van der Waals surface area contributed by atoms with Crippen LogP contribution in [0.3, 0.4) is 0 Å². The van der Waals surface area contributed by atoms with Crippen LogP contribution in [0.4, 0.5) is 5.69 Å². The van der Waals surface area contributed by atoms with E-state index in [0.717, 1.165) is 4.90 Å². The average Bonchev–Trinajstić information content (AvgIpc) is 2.37. The molecule has 5 heteroatoms. The molecule has 0 atom stereocenters. The molecule has 1 amide bonds. The first-order valence-corrected chi connectivity index (χ1v) is 7.48. The first-order chi connectivity index (χ1) is 9.08. The van der Waals surface area contributed by atoms with Crippen molar-refractivity contribution >= 4 is 46.6 Å². The minimum atomic E-state index is -0.189. The number of benzene rings is 2. The maximum absolute atomic E-state index is 12.0. The van der Waals surface area contributed by atoms with Crippen LogP contribution in [0.15, 0.2) is 47.4 Å². The minimum Gasteiger partial charge on any atom is -0.322 e. The number of thioether (sulfide) groups is 1. The Balaban J connectivity index is 2.15. The highest BCUT2D eigenvalue weighted by molar-refractivity contribution is 7.98. The van der Waals surface area contributed by atoms with Crippen molar-refractivity contribution in [2.75, 3.05) is 11.6 Å². The maximum atomic E-state index is 12.0. The van der Waals surface area contributed by atoms with Crippen LogP contribution in [0.5, 0.6) is 0 Å². The molecule has 2 nitrogen and oxygen atoms in total. The zero-order chi connectivity index (χ0) is 13.8. The van der Waals surface area contributed by atoms with Gasteiger partial charge < -0.3 is 5.32 Å². The molecule has 19 heavy (non-hydrogen) atoms. The van der Waals surface area contributed by atoms with E-state index < -0.39 is 0 Å². The van der Waals surface area contributed by atoms with Gasteiger partial charge >= 0.3 is 0 Å². The van der Waals surface area contributed by atoms with Gasteiger partial charge in [-0.1, -0.05) is 23.2 Å². The van der Waals surface area contributed by atoms with E-state index in [-0.39, 0.29) is 5.91 Å². The van der Waals surface area contributed by atoms with Crippen LogP contribution in [0.1, 0.15) is 10.4 Å². The Morgan fingerprint density at radius 2 is 1.63 bits per heavy atom. The third-order valence-corrected chi connectivity index (χ3v) is 3.65. The van der Waals surface area contributed by atoms with Crippen molar-refractivity contribution in [2.45, 2.75) is 4.90 Å². The second-order valence-electron chi connectivity index (χ2n) is 3.84. The summed E-state index contributed by atoms with van der Waals surface area (Å²) in [6, 6.07) is 12.3. The molecule has 98 valence electrons. The summed E-state index contributed by atoms with van der Waals surface area (Å²) in [5.41, 5.74) is 1.17. The van der Waals surface area contributed by atoms with Gasteiger partial charge in [-0.25, -0.2) is 0 Å². The largest absolute Gasteiger partial charge is 0.322 e. The quantitative estimate of drug-likeness (QED) is 0.811. The highest BCUT2D eigenvalue weighted by Gasteiger charge is 2.07. The number of hydrogen-bond donors (Lipinski definition) is 1. The summed E-state index contributed by atoms with van der Waals surface area (Å²) >= 11 is 13.4. The van der Waals surface area contributed by atoms with Crippen molar-refractivity contribution in [1.82, 2.24) is 0 Å². The third-order valence-electron chi connectivity index (χ3n) is 2.47. The monoisotopic (exact) mass is 311 g/mol. The zero-order valence-electron chi connectivity index (χ0n) is 10.1. The molecule has 2 aromatic carbocycles. The number of halogens is 2. The second-order valence-corrected chi connectivity index (χ2v) is 5.59. The van der Waals surface area contributed by atoms with Gasteiger partial charge in [0, 0.05) is 26.2 Å². The van der Waals surface area contributed by atoms with E-state index in [2.05, 4.69) is 5.32 Å². The number of amides is 1. The molecule has 0 saturated carbocycles. The van der Waals surface area contributed by atoms with E-state index in [1.54, 1.807) is 42.1 Å². The molecule has 0 heterocycles. The SMILES string of the molecule is CSc1ccc(C(=O)Nc2cc(Cl)cc(Cl)c2)cc1. The summed E-state index contributed by atoms with van der Waals surface area (Å²) in [7, 11) is 0. The minimum absolute atomic E-state index is 0.189. The van der Waals surface area contributed by atoms with E-state index >= 15 is 0 Å². The summed E-state index contributed by atoms with van der Waals surface area (Å²) in [5, 5.41) is 3.74. The first kappa shape index (κ1) is 14.3. The van der Waals surface area contributed by atoms with Gasteiger partial charge in [0.25, 0.3) is 5.91 Å². The fourth-order valence-corrected chi connectivity index (χ4v) is 2.51. The fourth-order valence-electron chi connectivity index (χ4n) is 1.57. The second kappa shape index (κ2) is 6.33. The van der Waals surface area contributed by atoms with Gasteiger partial charge in [0.05, 0.1) is 0 Å². The molecule has 2 aromatic rings. The molecule has 0 spiro atoms. The standard InChI is InChI=1S/C14H11Cl2NOS/c1-19-13-4-2-9(3-5-13)14(18)17-12-7-10(15)6-11(16)8-12/h2-8H,1H3,(H,17,18). The van der Waals surface area contributed by atoms with Crippen LogP contribution < -0.4 is 5.32 Å². The third kappa shape index (κ3) is 3.90. The van der Waals surface area contributed by atoms with Crippen molar-refractivity contribution in [3.63, 3.8) is 0 Å². The number of rotatable bonds is 3. The predicted molar refractivity (Wildman–Crippen MR) is 82.6 cm³/mol. The van der Waals surface area contributed by atoms with Gasteiger partial charge in [0.1, 0.15) is 0 Å². The van der Waals surface area contributed by atoms with Crippen LogP contribution in [0.2, 0.25) is 10.0 Å². The summed E-state index contributed by atoms with van der Waals surface area (Å²) in [6.45, 7) is 0. The van der Waals surface area contributed by atoms with Crippen LogP contribution in [0, 0.1) is 0 Å². The van der Waals surface area contributed by atoms with Crippen molar-refractivity contribution in [1.29, 1.82) is 0 Å². The molecular weight excluding hydrogens is 301 g/mol. The molecule has 0 bridgehead atoms. The Bertz CT molecular complexity index is 579. The number of nitrogens with one attached hydrogen (secondary N) is 1. The molecular formula is C14H11Cl2NOS. The Morgan fingerprint density at radius 3 is 2.16 bits per heavy atom. The first-order valence-electron chi connectivity index (χ1n) is 5.50. The van der Waals surface area contributed by atoms with Gasteiger partial charge in [-0.05, 0) is 48.7 Å². The van der Waals surface area contributed by atoms with Gasteiger partial charge in [-0.2, -0.15) is 0 Å². The van der Waals surface area contributed by atoms with Gasteiger partial charge in [-0.3, -0.25) is 4.79 Å². The van der Waals surface area contributed by atoms with Crippen molar-refractivity contribution in [3.8, 4) is 0 Å². The fraction of sp³-hybridized carbons (Fsp3) is 0.0714. The molecule has 1 N–H and O–H groups in total. The van der Waals surface area contributed by atoms with E-state index in [4.69, 9.17) is 23.2 Å². The molecule has 0 radical (unpaired) electrons. The maximum Gasteiger partial charge on any atom is 0.255 e. The summed E-state index contributed by atoms with van der Waals surface area (Å²) in [4.78, 5) is 13.1. The van der Waals surface area contributed by atoms with E-state index in [1.165, 1.54) is 0 Å². The van der Waals surface area contributed by atoms with Crippen molar-refractivity contribution in [2.24, 2.45) is 0 Å². The zero-order valence-corrected chi connectivity index (χ0v) is 12.4. The predicted octanol–water partition coefficient (Wildman–Crippen LogP) is 4.97. The molecule has 0 unspecified atom stereocenters. The number of hydrogen-bond acceptors (Lipinski definition) is 2. The van der Waals surface area contributed by atoms with Crippen molar-refractivity contribution < 1.29 is 4.79 Å². The average molecular weight is 312 g/mol. The smallest absolute Gasteiger partial charge is 0.255 e. The Morgan fingerprint density at radius 1 is 1.05 bits per heavy atom. The van der Waals surface area contributed by atoms with Crippen LogP contribution >= 0.6 is 35.0 Å². The summed E-state index contributed by atoms with van der Waals surface area (Å²) in [5.74, 6) is -0.189. The highest BCUT2D eigenvalue weighted by atomic mass is 35.5. The molecule has 0 fully saturated rings. The molecule has 0 aliphatic rings. The van der Waals surface area contributed by atoms with Gasteiger partial charge in [-0.15, -0.1) is 11.8 Å². The molecule has 0 aliphatic carbocycles. The van der Waals surface area contributed by atoms with Crippen LogP contribution in [-0.2, 0) is 0 Å². The number of carbonyl (C=O) groups excluding carboxylic acids is 1. The number of carbonyl (C=O) groups is 1. The number of anilines is 1. The lowest BCUT2D eigenvalue weighted by atomic mass is 10.2. The normalized spacial score (nSPS) is 10.3. The summed E-state index contributed by atoms with van der Waals surface area (Å²) in [6.07, 6.45) is 1.99. The molecule has 0 saturated heterocycles. The summed E-state index contributed by atoms with van der Waals surface area (Å²) < 4.78 is 0. The lowest BCUT2D eigenvalue weighted by Crippen LogP contribution is -2.11. The lowest BCUT2D eigenvalue weighted by molar-refractivity contribution is 0.102. The Kier molecular flexibility index (Phi) is 4.75. The lowest BCUT2D eigenvalue weighted by Gasteiger charge is -2.07. The van der Waals surface area contributed by atoms with Crippen LogP contribution in [-0.4, -0.2) is 12.2 Å². The Labute approximate surface area is 126 Å². The van der Waals surface area contributed by atoms with Crippen LogP contribution in [0.25, 0.3) is 0 Å². The van der Waals surface area contributed by atoms with E-state index in [0.29, 0.717) is 21.3 Å². The van der Waals surface area contributed by atoms with E-state index in [9.17, 15) is 4.79 Å². The molecule has 2 rings (SSSR count). The Hall–Kier alpha value is -1.16. The van der Waals surface area contributed by atoms with E-state index in [1.807, 2.05) is 18.4 Å². The molecule has 0 aromatic heterocycles. The van der Waals surface area contributed by atoms with Gasteiger partial charge in [0.15, 0.2) is 0 Å². The highest BCUT2D eigenvalue weighted by Crippen LogP contribution is 2.23. The molecule has 0 aliphatic heterocycles.